The lowest BCUT2D eigenvalue weighted by Crippen LogP contribution is -2.64. The zero-order valence-corrected chi connectivity index (χ0v) is 12.2. The molecule has 0 aromatic carbocycles. The van der Waals surface area contributed by atoms with E-state index in [-0.39, 0.29) is 6.42 Å². The Labute approximate surface area is 120 Å². The summed E-state index contributed by atoms with van der Waals surface area (Å²) in [6.45, 7) is 1.04. The Bertz CT molecular complexity index is 400. The molecule has 1 saturated heterocycles. The van der Waals surface area contributed by atoms with Gasteiger partial charge in [0.25, 0.3) is 0 Å². The fourth-order valence-corrected chi connectivity index (χ4v) is 2.40. The predicted molar refractivity (Wildman–Crippen MR) is 67.7 cm³/mol. The van der Waals surface area contributed by atoms with Crippen LogP contribution in [0, 0.1) is 0 Å². The number of rotatable bonds is 6. The van der Waals surface area contributed by atoms with Crippen molar-refractivity contribution in [1.82, 2.24) is 5.32 Å². The molecule has 0 spiro atoms. The number of ether oxygens (including phenoxy) is 1. The van der Waals surface area contributed by atoms with Crippen molar-refractivity contribution >= 4 is 13.7 Å². The molecule has 1 fully saturated rings. The largest absolute Gasteiger partial charge is 0.472 e. The summed E-state index contributed by atoms with van der Waals surface area (Å²) >= 11 is 0. The van der Waals surface area contributed by atoms with Gasteiger partial charge < -0.3 is 35.2 Å². The molecule has 0 aromatic rings. The van der Waals surface area contributed by atoms with Crippen molar-refractivity contribution in [3.8, 4) is 0 Å². The fourth-order valence-electron chi connectivity index (χ4n) is 1.95. The van der Waals surface area contributed by atoms with Gasteiger partial charge in [-0.2, -0.15) is 0 Å². The van der Waals surface area contributed by atoms with Crippen molar-refractivity contribution < 1.29 is 43.7 Å². The van der Waals surface area contributed by atoms with Crippen LogP contribution in [0.1, 0.15) is 19.8 Å². The number of aliphatic hydroxyl groups excluding tert-OH is 3. The first kappa shape index (κ1) is 18.5. The highest BCUT2D eigenvalue weighted by Gasteiger charge is 2.47. The van der Waals surface area contributed by atoms with Gasteiger partial charge in [0.2, 0.25) is 5.91 Å². The predicted octanol–water partition coefficient (Wildman–Crippen LogP) is -2.18. The minimum Gasteiger partial charge on any atom is -0.394 e. The first-order valence-corrected chi connectivity index (χ1v) is 7.88. The molecule has 0 bridgehead atoms. The van der Waals surface area contributed by atoms with Crippen molar-refractivity contribution in [3.63, 3.8) is 0 Å². The molecule has 5 atom stereocenters. The molecule has 6 N–H and O–H groups in total. The minimum absolute atomic E-state index is 0.116. The van der Waals surface area contributed by atoms with Gasteiger partial charge in [0.05, 0.1) is 6.61 Å². The van der Waals surface area contributed by atoms with Crippen LogP contribution in [0.15, 0.2) is 0 Å². The van der Waals surface area contributed by atoms with E-state index in [4.69, 9.17) is 19.6 Å². The fraction of sp³-hybridized carbons (Fsp3) is 0.900. The monoisotopic (exact) mass is 329 g/mol. The highest BCUT2D eigenvalue weighted by Crippen LogP contribution is 2.40. The molecule has 0 aliphatic carbocycles. The van der Waals surface area contributed by atoms with Crippen LogP contribution in [0.4, 0.5) is 0 Å². The molecule has 1 aliphatic rings. The lowest BCUT2D eigenvalue weighted by molar-refractivity contribution is -0.248. The third kappa shape index (κ3) is 5.28. The maximum absolute atomic E-state index is 11.6. The maximum Gasteiger partial charge on any atom is 0.472 e. The van der Waals surface area contributed by atoms with Crippen LogP contribution in [0.3, 0.4) is 0 Å². The molecule has 124 valence electrons. The van der Waals surface area contributed by atoms with Crippen LogP contribution in [0.2, 0.25) is 0 Å². The summed E-state index contributed by atoms with van der Waals surface area (Å²) in [6.07, 6.45) is -5.53. The molecule has 0 unspecified atom stereocenters. The van der Waals surface area contributed by atoms with Crippen molar-refractivity contribution in [3.05, 3.63) is 0 Å². The summed E-state index contributed by atoms with van der Waals surface area (Å²) in [4.78, 5) is 29.2. The summed E-state index contributed by atoms with van der Waals surface area (Å²) in [7, 11) is -4.96. The molecule has 1 amide bonds. The molecule has 1 aliphatic heterocycles. The Morgan fingerprint density at radius 3 is 2.43 bits per heavy atom. The van der Waals surface area contributed by atoms with Gasteiger partial charge in [0.15, 0.2) is 6.29 Å². The van der Waals surface area contributed by atoms with Crippen LogP contribution in [-0.4, -0.2) is 68.3 Å². The molecular weight excluding hydrogens is 309 g/mol. The van der Waals surface area contributed by atoms with Gasteiger partial charge in [-0.15, -0.1) is 0 Å². The summed E-state index contributed by atoms with van der Waals surface area (Å²) in [5.41, 5.74) is 0. The number of hydrogen-bond donors (Lipinski definition) is 6. The quantitative estimate of drug-likeness (QED) is 0.297. The molecule has 1 rings (SSSR count). The number of carbonyl (C=O) groups excluding carboxylic acids is 1. The molecular formula is C10H20NO9P. The van der Waals surface area contributed by atoms with Crippen molar-refractivity contribution in [2.24, 2.45) is 0 Å². The van der Waals surface area contributed by atoms with Crippen LogP contribution < -0.4 is 5.32 Å². The Morgan fingerprint density at radius 1 is 1.33 bits per heavy atom. The average molecular weight is 329 g/mol. The smallest absolute Gasteiger partial charge is 0.394 e. The van der Waals surface area contributed by atoms with Gasteiger partial charge >= 0.3 is 7.82 Å². The van der Waals surface area contributed by atoms with Gasteiger partial charge in [-0.05, 0) is 6.42 Å². The number of nitrogens with one attached hydrogen (secondary N) is 1. The van der Waals surface area contributed by atoms with Crippen molar-refractivity contribution in [1.29, 1.82) is 0 Å². The highest BCUT2D eigenvalue weighted by molar-refractivity contribution is 7.46. The zero-order chi connectivity index (χ0) is 16.2. The van der Waals surface area contributed by atoms with Gasteiger partial charge in [-0.3, -0.25) is 9.32 Å². The molecule has 10 nitrogen and oxygen atoms in total. The van der Waals surface area contributed by atoms with Gasteiger partial charge in [0.1, 0.15) is 24.4 Å². The van der Waals surface area contributed by atoms with E-state index in [0.717, 1.165) is 0 Å². The third-order valence-corrected chi connectivity index (χ3v) is 3.41. The molecule has 11 heteroatoms. The Balaban J connectivity index is 2.90. The summed E-state index contributed by atoms with van der Waals surface area (Å²) in [5.74, 6) is -0.501. The second-order valence-corrected chi connectivity index (χ2v) is 5.84. The van der Waals surface area contributed by atoms with E-state index in [1.807, 2.05) is 0 Å². The van der Waals surface area contributed by atoms with Crippen LogP contribution in [-0.2, 0) is 18.6 Å². The summed E-state index contributed by atoms with van der Waals surface area (Å²) in [6, 6.07) is -1.38. The van der Waals surface area contributed by atoms with Crippen molar-refractivity contribution in [2.75, 3.05) is 6.61 Å². The van der Waals surface area contributed by atoms with Crippen LogP contribution in [0.25, 0.3) is 0 Å². The van der Waals surface area contributed by atoms with E-state index in [9.17, 15) is 19.6 Å². The highest BCUT2D eigenvalue weighted by atomic mass is 31.2. The average Bonchev–Trinajstić information content (AvgIpc) is 2.37. The Hall–Kier alpha value is -0.580. The maximum atomic E-state index is 11.6. The Kier molecular flexibility index (Phi) is 6.70. The van der Waals surface area contributed by atoms with Gasteiger partial charge in [-0.1, -0.05) is 6.92 Å². The second-order valence-electron chi connectivity index (χ2n) is 4.65. The first-order chi connectivity index (χ1) is 9.69. The van der Waals surface area contributed by atoms with E-state index in [1.54, 1.807) is 6.92 Å². The topological polar surface area (TPSA) is 166 Å². The standard InChI is InChI=1S/C10H20NO9P/c1-2-3-6(13)11-7-9(15)8(14)5(4-12)19-10(7)20-21(16,17)18/h5,7-10,12,14-15H,2-4H2,1H3,(H,11,13)(H2,16,17,18)/t5-,7-,8-,9-,10-/m1/s1. The number of carbonyl (C=O) groups is 1. The minimum atomic E-state index is -4.96. The molecule has 21 heavy (non-hydrogen) atoms. The number of aliphatic hydroxyl groups is 3. The van der Waals surface area contributed by atoms with Crippen LogP contribution in [0.5, 0.6) is 0 Å². The second kappa shape index (κ2) is 7.61. The Morgan fingerprint density at radius 2 is 1.95 bits per heavy atom. The zero-order valence-electron chi connectivity index (χ0n) is 11.3. The molecule has 1 heterocycles. The molecule has 0 radical (unpaired) electrons. The van der Waals surface area contributed by atoms with Crippen LogP contribution >= 0.6 is 7.82 Å². The number of phosphoric acid groups is 1. The normalized spacial score (nSPS) is 33.7. The van der Waals surface area contributed by atoms with Gasteiger partial charge in [-0.25, -0.2) is 4.57 Å². The van der Waals surface area contributed by atoms with E-state index in [1.165, 1.54) is 0 Å². The van der Waals surface area contributed by atoms with E-state index < -0.39 is 51.0 Å². The lowest BCUT2D eigenvalue weighted by atomic mass is 9.97. The number of hydrogen-bond acceptors (Lipinski definition) is 7. The molecule has 0 aromatic heterocycles. The number of phosphoric ester groups is 1. The van der Waals surface area contributed by atoms with E-state index in [2.05, 4.69) is 9.84 Å². The number of amides is 1. The molecule has 0 saturated carbocycles. The SMILES string of the molecule is CCCC(=O)N[C@H]1[C@@H](OP(=O)(O)O)O[C@H](CO)[C@@H](O)[C@@H]1O. The van der Waals surface area contributed by atoms with Gasteiger partial charge in [0, 0.05) is 6.42 Å². The van der Waals surface area contributed by atoms with E-state index >= 15 is 0 Å². The van der Waals surface area contributed by atoms with E-state index in [0.29, 0.717) is 6.42 Å². The van der Waals surface area contributed by atoms with Crippen molar-refractivity contribution in [2.45, 2.75) is 50.4 Å². The first-order valence-electron chi connectivity index (χ1n) is 6.35. The lowest BCUT2D eigenvalue weighted by Gasteiger charge is -2.41. The summed E-state index contributed by atoms with van der Waals surface area (Å²) in [5, 5.41) is 31.0. The third-order valence-electron chi connectivity index (χ3n) is 2.93. The summed E-state index contributed by atoms with van der Waals surface area (Å²) < 4.78 is 20.3.